The summed E-state index contributed by atoms with van der Waals surface area (Å²) in [5.41, 5.74) is 5.94. The smallest absolute Gasteiger partial charge is 0.239 e. The van der Waals surface area contributed by atoms with Gasteiger partial charge in [0, 0.05) is 39.3 Å². The Labute approximate surface area is 133 Å². The monoisotopic (exact) mass is 310 g/mol. The van der Waals surface area contributed by atoms with E-state index in [1.165, 1.54) is 0 Å². The first-order valence-electron chi connectivity index (χ1n) is 8.66. The van der Waals surface area contributed by atoms with Gasteiger partial charge < -0.3 is 15.5 Å². The standard InChI is InChI=1S/C16H30N4O2/c1-2-6-14(17)16(22)20-10-5-7-18(11-12-20)13-15(21)19-8-3-4-9-19/h14H,2-13,17H2,1H3. The number of hydrogen-bond donors (Lipinski definition) is 1. The Morgan fingerprint density at radius 1 is 0.955 bits per heavy atom. The second-order valence-electron chi connectivity index (χ2n) is 6.44. The molecule has 2 saturated heterocycles. The van der Waals surface area contributed by atoms with Crippen molar-refractivity contribution >= 4 is 11.8 Å². The minimum atomic E-state index is -0.372. The molecule has 0 saturated carbocycles. The van der Waals surface area contributed by atoms with Gasteiger partial charge >= 0.3 is 0 Å². The molecule has 0 aromatic heterocycles. The van der Waals surface area contributed by atoms with Crippen molar-refractivity contribution in [3.05, 3.63) is 0 Å². The molecule has 2 fully saturated rings. The number of nitrogens with zero attached hydrogens (tertiary/aromatic N) is 3. The fourth-order valence-electron chi connectivity index (χ4n) is 3.28. The molecule has 2 heterocycles. The molecule has 2 aliphatic rings. The highest BCUT2D eigenvalue weighted by molar-refractivity contribution is 5.81. The van der Waals surface area contributed by atoms with E-state index in [0.29, 0.717) is 13.1 Å². The lowest BCUT2D eigenvalue weighted by molar-refractivity contribution is -0.132. The summed E-state index contributed by atoms with van der Waals surface area (Å²) in [4.78, 5) is 30.5. The van der Waals surface area contributed by atoms with Crippen LogP contribution in [0.2, 0.25) is 0 Å². The molecule has 0 aliphatic carbocycles. The van der Waals surface area contributed by atoms with Crippen LogP contribution in [0.15, 0.2) is 0 Å². The molecular formula is C16H30N4O2. The quantitative estimate of drug-likeness (QED) is 0.791. The fraction of sp³-hybridized carbons (Fsp3) is 0.875. The van der Waals surface area contributed by atoms with Crippen LogP contribution in [-0.2, 0) is 9.59 Å². The predicted octanol–water partition coefficient (Wildman–Crippen LogP) is 0.271. The molecule has 6 nitrogen and oxygen atoms in total. The second-order valence-corrected chi connectivity index (χ2v) is 6.44. The van der Waals surface area contributed by atoms with Gasteiger partial charge in [-0.2, -0.15) is 0 Å². The molecule has 2 rings (SSSR count). The Bertz CT molecular complexity index is 382. The van der Waals surface area contributed by atoms with Crippen molar-refractivity contribution in [1.82, 2.24) is 14.7 Å². The van der Waals surface area contributed by atoms with Gasteiger partial charge in [0.15, 0.2) is 0 Å². The van der Waals surface area contributed by atoms with Gasteiger partial charge in [0.25, 0.3) is 0 Å². The minimum absolute atomic E-state index is 0.0644. The molecule has 0 spiro atoms. The molecule has 0 radical (unpaired) electrons. The van der Waals surface area contributed by atoms with Gasteiger partial charge in [0.05, 0.1) is 12.6 Å². The topological polar surface area (TPSA) is 69.9 Å². The SMILES string of the molecule is CCCC(N)C(=O)N1CCCN(CC(=O)N2CCCC2)CC1. The van der Waals surface area contributed by atoms with Crippen molar-refractivity contribution in [2.45, 2.75) is 45.1 Å². The third kappa shape index (κ3) is 4.68. The van der Waals surface area contributed by atoms with Gasteiger partial charge in [-0.15, -0.1) is 0 Å². The van der Waals surface area contributed by atoms with Crippen molar-refractivity contribution in [2.24, 2.45) is 5.73 Å². The first-order valence-corrected chi connectivity index (χ1v) is 8.66. The van der Waals surface area contributed by atoms with Crippen LogP contribution < -0.4 is 5.73 Å². The molecule has 2 N–H and O–H groups in total. The minimum Gasteiger partial charge on any atom is -0.342 e. The van der Waals surface area contributed by atoms with Gasteiger partial charge in [0.2, 0.25) is 11.8 Å². The van der Waals surface area contributed by atoms with Crippen LogP contribution in [-0.4, -0.2) is 78.4 Å². The molecule has 126 valence electrons. The second kappa shape index (κ2) is 8.48. The Hall–Kier alpha value is -1.14. The summed E-state index contributed by atoms with van der Waals surface area (Å²) >= 11 is 0. The number of nitrogens with two attached hydrogens (primary N) is 1. The zero-order valence-electron chi connectivity index (χ0n) is 13.8. The molecule has 22 heavy (non-hydrogen) atoms. The van der Waals surface area contributed by atoms with Crippen LogP contribution in [0.25, 0.3) is 0 Å². The largest absolute Gasteiger partial charge is 0.342 e. The van der Waals surface area contributed by atoms with Crippen molar-refractivity contribution in [1.29, 1.82) is 0 Å². The number of likely N-dealkylation sites (tertiary alicyclic amines) is 1. The third-order valence-electron chi connectivity index (χ3n) is 4.63. The first kappa shape index (κ1) is 17.2. The maximum Gasteiger partial charge on any atom is 0.239 e. The molecular weight excluding hydrogens is 280 g/mol. The summed E-state index contributed by atoms with van der Waals surface area (Å²) < 4.78 is 0. The lowest BCUT2D eigenvalue weighted by Gasteiger charge is -2.25. The van der Waals surface area contributed by atoms with E-state index in [4.69, 9.17) is 5.73 Å². The maximum atomic E-state index is 12.3. The van der Waals surface area contributed by atoms with Gasteiger partial charge in [-0.05, 0) is 25.7 Å². The number of carbonyl (C=O) groups excluding carboxylic acids is 2. The fourth-order valence-corrected chi connectivity index (χ4v) is 3.28. The van der Waals surface area contributed by atoms with Gasteiger partial charge in [-0.3, -0.25) is 14.5 Å². The van der Waals surface area contributed by atoms with Gasteiger partial charge in [-0.1, -0.05) is 13.3 Å². The molecule has 1 unspecified atom stereocenters. The van der Waals surface area contributed by atoms with E-state index in [0.717, 1.165) is 64.8 Å². The summed E-state index contributed by atoms with van der Waals surface area (Å²) in [6.45, 7) is 7.43. The highest BCUT2D eigenvalue weighted by atomic mass is 16.2. The molecule has 0 aromatic carbocycles. The summed E-state index contributed by atoms with van der Waals surface area (Å²) in [6, 6.07) is -0.372. The van der Waals surface area contributed by atoms with Gasteiger partial charge in [0.1, 0.15) is 0 Å². The highest BCUT2D eigenvalue weighted by Gasteiger charge is 2.25. The van der Waals surface area contributed by atoms with E-state index < -0.39 is 0 Å². The average molecular weight is 310 g/mol. The van der Waals surface area contributed by atoms with Crippen LogP contribution in [0.3, 0.4) is 0 Å². The molecule has 6 heteroatoms. The Kier molecular flexibility index (Phi) is 6.64. The number of rotatable bonds is 5. The van der Waals surface area contributed by atoms with Crippen LogP contribution in [0.5, 0.6) is 0 Å². The van der Waals surface area contributed by atoms with Crippen LogP contribution in [0.4, 0.5) is 0 Å². The van der Waals surface area contributed by atoms with E-state index in [1.807, 2.05) is 16.7 Å². The van der Waals surface area contributed by atoms with E-state index in [2.05, 4.69) is 4.90 Å². The molecule has 1 atom stereocenters. The zero-order valence-corrected chi connectivity index (χ0v) is 13.8. The normalized spacial score (nSPS) is 21.7. The lowest BCUT2D eigenvalue weighted by Crippen LogP contribution is -2.45. The predicted molar refractivity (Wildman–Crippen MR) is 86.3 cm³/mol. The van der Waals surface area contributed by atoms with Crippen LogP contribution in [0, 0.1) is 0 Å². The van der Waals surface area contributed by atoms with Crippen LogP contribution >= 0.6 is 0 Å². The van der Waals surface area contributed by atoms with E-state index in [-0.39, 0.29) is 17.9 Å². The zero-order chi connectivity index (χ0) is 15.9. The van der Waals surface area contributed by atoms with E-state index in [9.17, 15) is 9.59 Å². The van der Waals surface area contributed by atoms with Crippen molar-refractivity contribution < 1.29 is 9.59 Å². The summed E-state index contributed by atoms with van der Waals surface area (Å²) in [6.07, 6.45) is 4.84. The number of amides is 2. The molecule has 2 aliphatic heterocycles. The summed E-state index contributed by atoms with van der Waals surface area (Å²) in [7, 11) is 0. The lowest BCUT2D eigenvalue weighted by atomic mass is 10.1. The first-order chi connectivity index (χ1) is 10.6. The summed E-state index contributed by atoms with van der Waals surface area (Å²) in [5.74, 6) is 0.300. The third-order valence-corrected chi connectivity index (χ3v) is 4.63. The van der Waals surface area contributed by atoms with Crippen LogP contribution in [0.1, 0.15) is 39.0 Å². The van der Waals surface area contributed by atoms with Crippen molar-refractivity contribution in [3.8, 4) is 0 Å². The Balaban J connectivity index is 1.79. The average Bonchev–Trinajstić information content (AvgIpc) is 2.95. The number of carbonyl (C=O) groups is 2. The Morgan fingerprint density at radius 2 is 1.64 bits per heavy atom. The van der Waals surface area contributed by atoms with Crippen molar-refractivity contribution in [3.63, 3.8) is 0 Å². The molecule has 2 amide bonds. The van der Waals surface area contributed by atoms with E-state index in [1.54, 1.807) is 0 Å². The summed E-state index contributed by atoms with van der Waals surface area (Å²) in [5, 5.41) is 0. The van der Waals surface area contributed by atoms with Crippen molar-refractivity contribution in [2.75, 3.05) is 45.8 Å². The molecule has 0 bridgehead atoms. The maximum absolute atomic E-state index is 12.3. The molecule has 0 aromatic rings. The highest BCUT2D eigenvalue weighted by Crippen LogP contribution is 2.10. The van der Waals surface area contributed by atoms with E-state index >= 15 is 0 Å². The number of hydrogen-bond acceptors (Lipinski definition) is 4. The Morgan fingerprint density at radius 3 is 2.32 bits per heavy atom. The van der Waals surface area contributed by atoms with Gasteiger partial charge in [-0.25, -0.2) is 0 Å².